The predicted molar refractivity (Wildman–Crippen MR) is 73.0 cm³/mol. The van der Waals surface area contributed by atoms with Crippen LogP contribution >= 0.6 is 15.9 Å². The predicted octanol–water partition coefficient (Wildman–Crippen LogP) is 2.05. The standard InChI is InChI=1S/C12H12BrNO4S/c13-9-4-1-2-6-12(9)19(16,17)14-10(8-15)11-5-3-7-18-11/h1-7,10,14-15H,8H2. The lowest BCUT2D eigenvalue weighted by molar-refractivity contribution is 0.242. The number of halogens is 1. The van der Waals surface area contributed by atoms with E-state index in [1.807, 2.05) is 0 Å². The third-order valence-corrected chi connectivity index (χ3v) is 4.98. The fourth-order valence-electron chi connectivity index (χ4n) is 1.59. The van der Waals surface area contributed by atoms with Gasteiger partial charge in [0.25, 0.3) is 0 Å². The lowest BCUT2D eigenvalue weighted by Gasteiger charge is -2.15. The van der Waals surface area contributed by atoms with Crippen LogP contribution in [0.5, 0.6) is 0 Å². The fraction of sp³-hybridized carbons (Fsp3) is 0.167. The number of nitrogens with one attached hydrogen (secondary N) is 1. The average molecular weight is 346 g/mol. The van der Waals surface area contributed by atoms with Crippen molar-refractivity contribution in [3.05, 3.63) is 52.9 Å². The summed E-state index contributed by atoms with van der Waals surface area (Å²) in [6, 6.07) is 8.87. The van der Waals surface area contributed by atoms with Crippen molar-refractivity contribution in [3.63, 3.8) is 0 Å². The third-order valence-electron chi connectivity index (χ3n) is 2.49. The molecule has 0 spiro atoms. The first kappa shape index (κ1) is 14.3. The molecule has 0 radical (unpaired) electrons. The minimum absolute atomic E-state index is 0.111. The molecule has 1 aromatic carbocycles. The van der Waals surface area contributed by atoms with E-state index in [4.69, 9.17) is 4.42 Å². The van der Waals surface area contributed by atoms with E-state index in [1.165, 1.54) is 12.3 Å². The molecule has 0 aliphatic rings. The zero-order valence-corrected chi connectivity index (χ0v) is 12.2. The van der Waals surface area contributed by atoms with Gasteiger partial charge in [0.1, 0.15) is 11.8 Å². The first-order chi connectivity index (χ1) is 9.04. The number of hydrogen-bond donors (Lipinski definition) is 2. The van der Waals surface area contributed by atoms with Gasteiger partial charge < -0.3 is 9.52 Å². The third kappa shape index (κ3) is 3.24. The number of hydrogen-bond acceptors (Lipinski definition) is 4. The summed E-state index contributed by atoms with van der Waals surface area (Å²) in [6.45, 7) is -0.392. The Labute approximate surface area is 119 Å². The normalized spacial score (nSPS) is 13.4. The van der Waals surface area contributed by atoms with Gasteiger partial charge in [0, 0.05) is 4.47 Å². The number of aliphatic hydroxyl groups is 1. The molecule has 1 unspecified atom stereocenters. The van der Waals surface area contributed by atoms with Crippen molar-refractivity contribution < 1.29 is 17.9 Å². The highest BCUT2D eigenvalue weighted by molar-refractivity contribution is 9.10. The van der Waals surface area contributed by atoms with Gasteiger partial charge in [-0.2, -0.15) is 4.72 Å². The van der Waals surface area contributed by atoms with Gasteiger partial charge in [-0.15, -0.1) is 0 Å². The summed E-state index contributed by atoms with van der Waals surface area (Å²) in [5.41, 5.74) is 0. The molecular formula is C12H12BrNO4S. The summed E-state index contributed by atoms with van der Waals surface area (Å²) in [5, 5.41) is 9.28. The van der Waals surface area contributed by atoms with E-state index >= 15 is 0 Å². The van der Waals surface area contributed by atoms with Gasteiger partial charge in [-0.05, 0) is 40.2 Å². The number of benzene rings is 1. The van der Waals surface area contributed by atoms with Crippen molar-refractivity contribution >= 4 is 26.0 Å². The molecule has 0 fully saturated rings. The Hall–Kier alpha value is -1.15. The van der Waals surface area contributed by atoms with Crippen molar-refractivity contribution in [2.75, 3.05) is 6.61 Å². The highest BCUT2D eigenvalue weighted by Gasteiger charge is 2.24. The number of furan rings is 1. The van der Waals surface area contributed by atoms with Crippen LogP contribution in [-0.4, -0.2) is 20.1 Å². The molecule has 0 saturated carbocycles. The van der Waals surface area contributed by atoms with E-state index < -0.39 is 22.7 Å². The molecule has 5 nitrogen and oxygen atoms in total. The van der Waals surface area contributed by atoms with Crippen LogP contribution in [0.2, 0.25) is 0 Å². The van der Waals surface area contributed by atoms with Crippen LogP contribution < -0.4 is 4.72 Å². The Kier molecular flexibility index (Phi) is 4.41. The van der Waals surface area contributed by atoms with Crippen LogP contribution in [0, 0.1) is 0 Å². The Morgan fingerprint density at radius 3 is 2.58 bits per heavy atom. The minimum atomic E-state index is -3.75. The topological polar surface area (TPSA) is 79.5 Å². The molecule has 1 atom stereocenters. The van der Waals surface area contributed by atoms with E-state index in [0.717, 1.165) is 0 Å². The summed E-state index contributed by atoms with van der Waals surface area (Å²) >= 11 is 3.19. The molecule has 1 heterocycles. The van der Waals surface area contributed by atoms with Crippen molar-refractivity contribution in [1.82, 2.24) is 4.72 Å². The molecular weight excluding hydrogens is 334 g/mol. The van der Waals surface area contributed by atoms with Crippen molar-refractivity contribution in [2.24, 2.45) is 0 Å². The largest absolute Gasteiger partial charge is 0.468 e. The lowest BCUT2D eigenvalue weighted by atomic mass is 10.2. The SMILES string of the molecule is O=S(=O)(NC(CO)c1ccco1)c1ccccc1Br. The second kappa shape index (κ2) is 5.87. The second-order valence-electron chi connectivity index (χ2n) is 3.80. The molecule has 7 heteroatoms. The van der Waals surface area contributed by atoms with Gasteiger partial charge in [-0.1, -0.05) is 12.1 Å². The van der Waals surface area contributed by atoms with Gasteiger partial charge >= 0.3 is 0 Å². The zero-order valence-electron chi connectivity index (χ0n) is 9.78. The van der Waals surface area contributed by atoms with E-state index in [2.05, 4.69) is 20.7 Å². The molecule has 0 saturated heterocycles. The van der Waals surface area contributed by atoms with Gasteiger partial charge in [0.2, 0.25) is 10.0 Å². The maximum atomic E-state index is 12.2. The molecule has 2 N–H and O–H groups in total. The Morgan fingerprint density at radius 1 is 1.26 bits per heavy atom. The Morgan fingerprint density at radius 2 is 2.00 bits per heavy atom. The summed E-state index contributed by atoms with van der Waals surface area (Å²) < 4.78 is 32.4. The summed E-state index contributed by atoms with van der Waals surface area (Å²) in [6.07, 6.45) is 1.42. The minimum Gasteiger partial charge on any atom is -0.468 e. The zero-order chi connectivity index (χ0) is 13.9. The summed E-state index contributed by atoms with van der Waals surface area (Å²) in [4.78, 5) is 0.111. The molecule has 0 aliphatic carbocycles. The summed E-state index contributed by atoms with van der Waals surface area (Å²) in [7, 11) is -3.75. The fourth-order valence-corrected chi connectivity index (χ4v) is 3.79. The maximum Gasteiger partial charge on any atom is 0.242 e. The van der Waals surface area contributed by atoms with Gasteiger partial charge in [0.15, 0.2) is 0 Å². The lowest BCUT2D eigenvalue weighted by Crippen LogP contribution is -2.30. The average Bonchev–Trinajstić information content (AvgIpc) is 2.90. The van der Waals surface area contributed by atoms with Crippen LogP contribution in [0.1, 0.15) is 11.8 Å². The number of rotatable bonds is 5. The summed E-state index contributed by atoms with van der Waals surface area (Å²) in [5.74, 6) is 0.359. The van der Waals surface area contributed by atoms with Crippen molar-refractivity contribution in [3.8, 4) is 0 Å². The molecule has 2 aromatic rings. The maximum absolute atomic E-state index is 12.2. The molecule has 102 valence electrons. The molecule has 2 rings (SSSR count). The first-order valence-corrected chi connectivity index (χ1v) is 7.73. The van der Waals surface area contributed by atoms with Crippen LogP contribution in [0.25, 0.3) is 0 Å². The highest BCUT2D eigenvalue weighted by atomic mass is 79.9. The monoisotopic (exact) mass is 345 g/mol. The number of sulfonamides is 1. The van der Waals surface area contributed by atoms with Gasteiger partial charge in [-0.3, -0.25) is 0 Å². The quantitative estimate of drug-likeness (QED) is 0.869. The van der Waals surface area contributed by atoms with E-state index in [-0.39, 0.29) is 4.90 Å². The Balaban J connectivity index is 2.29. The van der Waals surface area contributed by atoms with Gasteiger partial charge in [-0.25, -0.2) is 8.42 Å². The smallest absolute Gasteiger partial charge is 0.242 e. The molecule has 19 heavy (non-hydrogen) atoms. The van der Waals surface area contributed by atoms with Crippen molar-refractivity contribution in [1.29, 1.82) is 0 Å². The van der Waals surface area contributed by atoms with E-state index in [9.17, 15) is 13.5 Å². The molecule has 0 bridgehead atoms. The highest BCUT2D eigenvalue weighted by Crippen LogP contribution is 2.23. The molecule has 0 amide bonds. The van der Waals surface area contributed by atoms with Crippen LogP contribution in [0.4, 0.5) is 0 Å². The molecule has 1 aromatic heterocycles. The second-order valence-corrected chi connectivity index (χ2v) is 6.34. The number of aliphatic hydroxyl groups excluding tert-OH is 1. The Bertz CT molecular complexity index is 640. The first-order valence-electron chi connectivity index (χ1n) is 5.45. The van der Waals surface area contributed by atoms with Crippen LogP contribution in [0.3, 0.4) is 0 Å². The van der Waals surface area contributed by atoms with Gasteiger partial charge in [0.05, 0.1) is 17.8 Å². The molecule has 0 aliphatic heterocycles. The van der Waals surface area contributed by atoms with Crippen LogP contribution in [-0.2, 0) is 10.0 Å². The van der Waals surface area contributed by atoms with Crippen LogP contribution in [0.15, 0.2) is 56.4 Å². The van der Waals surface area contributed by atoms with E-state index in [1.54, 1.807) is 30.3 Å². The van der Waals surface area contributed by atoms with E-state index in [0.29, 0.717) is 10.2 Å². The van der Waals surface area contributed by atoms with Crippen molar-refractivity contribution in [2.45, 2.75) is 10.9 Å².